The van der Waals surface area contributed by atoms with Crippen molar-refractivity contribution in [3.05, 3.63) is 71.9 Å². The molecule has 0 saturated heterocycles. The molecule has 0 radical (unpaired) electrons. The Morgan fingerprint density at radius 3 is 2.65 bits per heavy atom. The van der Waals surface area contributed by atoms with Crippen molar-refractivity contribution in [2.24, 2.45) is 4.99 Å². The van der Waals surface area contributed by atoms with Gasteiger partial charge in [-0.3, -0.25) is 0 Å². The highest BCUT2D eigenvalue weighted by Crippen LogP contribution is 2.21. The molecule has 164 valence electrons. The topological polar surface area (TPSA) is 91.9 Å². The molecule has 3 N–H and O–H groups in total. The standard InChI is InChI=1S/C24H30N4O3/c1-4-25-24(26-15-20-14-23(31-28-20)18-9-6-5-7-10-18)27-16-22(29)19-11-8-12-21(13-19)30-17(2)3/h5-14,17,22,29H,4,15-16H2,1-3H3,(H2,25,26,27). The van der Waals surface area contributed by atoms with Gasteiger partial charge < -0.3 is 25.0 Å². The van der Waals surface area contributed by atoms with Crippen LogP contribution >= 0.6 is 0 Å². The van der Waals surface area contributed by atoms with Gasteiger partial charge in [0.25, 0.3) is 0 Å². The van der Waals surface area contributed by atoms with Gasteiger partial charge in [0.05, 0.1) is 18.8 Å². The number of nitrogens with zero attached hydrogens (tertiary/aromatic N) is 2. The Hall–Kier alpha value is -3.32. The third-order valence-electron chi connectivity index (χ3n) is 4.44. The number of aliphatic hydroxyl groups excluding tert-OH is 1. The van der Waals surface area contributed by atoms with Gasteiger partial charge in [0.1, 0.15) is 11.4 Å². The SMILES string of the molecule is CCNC(=NCc1cc(-c2ccccc2)on1)NCC(O)c1cccc(OC(C)C)c1. The summed E-state index contributed by atoms with van der Waals surface area (Å²) in [5, 5.41) is 21.0. The van der Waals surface area contributed by atoms with Crippen LogP contribution in [0.25, 0.3) is 11.3 Å². The maximum absolute atomic E-state index is 10.6. The molecule has 0 saturated carbocycles. The Morgan fingerprint density at radius 1 is 1.10 bits per heavy atom. The normalized spacial score (nSPS) is 12.6. The van der Waals surface area contributed by atoms with Gasteiger partial charge in [-0.1, -0.05) is 47.6 Å². The number of guanidine groups is 1. The minimum absolute atomic E-state index is 0.0805. The van der Waals surface area contributed by atoms with E-state index in [2.05, 4.69) is 20.8 Å². The highest BCUT2D eigenvalue weighted by Gasteiger charge is 2.11. The molecule has 0 bridgehead atoms. The lowest BCUT2D eigenvalue weighted by molar-refractivity contribution is 0.179. The van der Waals surface area contributed by atoms with Crippen molar-refractivity contribution in [3.63, 3.8) is 0 Å². The maximum Gasteiger partial charge on any atom is 0.191 e. The van der Waals surface area contributed by atoms with E-state index in [0.717, 1.165) is 22.6 Å². The summed E-state index contributed by atoms with van der Waals surface area (Å²) in [4.78, 5) is 4.55. The number of hydrogen-bond donors (Lipinski definition) is 3. The second-order valence-corrected chi connectivity index (χ2v) is 7.38. The van der Waals surface area contributed by atoms with Crippen molar-refractivity contribution in [2.75, 3.05) is 13.1 Å². The fourth-order valence-electron chi connectivity index (χ4n) is 3.01. The lowest BCUT2D eigenvalue weighted by atomic mass is 10.1. The van der Waals surface area contributed by atoms with Crippen LogP contribution in [0.3, 0.4) is 0 Å². The van der Waals surface area contributed by atoms with E-state index in [9.17, 15) is 5.11 Å². The van der Waals surface area contributed by atoms with Crippen molar-refractivity contribution in [2.45, 2.75) is 39.5 Å². The number of aliphatic imine (C=N–C) groups is 1. The van der Waals surface area contributed by atoms with Gasteiger partial charge >= 0.3 is 0 Å². The molecule has 0 aliphatic rings. The molecule has 31 heavy (non-hydrogen) atoms. The van der Waals surface area contributed by atoms with E-state index in [-0.39, 0.29) is 6.10 Å². The highest BCUT2D eigenvalue weighted by atomic mass is 16.5. The van der Waals surface area contributed by atoms with Crippen molar-refractivity contribution in [1.29, 1.82) is 0 Å². The van der Waals surface area contributed by atoms with E-state index in [1.165, 1.54) is 0 Å². The lowest BCUT2D eigenvalue weighted by Gasteiger charge is -2.17. The van der Waals surface area contributed by atoms with Gasteiger partial charge in [0.2, 0.25) is 0 Å². The summed E-state index contributed by atoms with van der Waals surface area (Å²) in [6.45, 7) is 7.31. The summed E-state index contributed by atoms with van der Waals surface area (Å²) < 4.78 is 11.1. The summed E-state index contributed by atoms with van der Waals surface area (Å²) in [7, 11) is 0. The van der Waals surface area contributed by atoms with E-state index < -0.39 is 6.10 Å². The number of aliphatic hydroxyl groups is 1. The largest absolute Gasteiger partial charge is 0.491 e. The fraction of sp³-hybridized carbons (Fsp3) is 0.333. The Kier molecular flexibility index (Phi) is 8.06. The molecule has 7 nitrogen and oxygen atoms in total. The zero-order valence-corrected chi connectivity index (χ0v) is 18.2. The Labute approximate surface area is 183 Å². The number of aromatic nitrogens is 1. The molecular formula is C24H30N4O3. The predicted molar refractivity (Wildman–Crippen MR) is 122 cm³/mol. The van der Waals surface area contributed by atoms with E-state index in [0.29, 0.717) is 31.4 Å². The first-order valence-corrected chi connectivity index (χ1v) is 10.5. The fourth-order valence-corrected chi connectivity index (χ4v) is 3.01. The van der Waals surface area contributed by atoms with E-state index >= 15 is 0 Å². The molecule has 2 aromatic carbocycles. The molecule has 0 spiro atoms. The third kappa shape index (κ3) is 6.86. The number of nitrogens with one attached hydrogen (secondary N) is 2. The van der Waals surface area contributed by atoms with Crippen LogP contribution in [-0.4, -0.2) is 35.4 Å². The molecule has 1 unspecified atom stereocenters. The molecule has 0 amide bonds. The van der Waals surface area contributed by atoms with Crippen molar-refractivity contribution in [1.82, 2.24) is 15.8 Å². The monoisotopic (exact) mass is 422 g/mol. The zero-order valence-electron chi connectivity index (χ0n) is 18.2. The average molecular weight is 423 g/mol. The number of ether oxygens (including phenoxy) is 1. The summed E-state index contributed by atoms with van der Waals surface area (Å²) in [6, 6.07) is 19.2. The lowest BCUT2D eigenvalue weighted by Crippen LogP contribution is -2.39. The van der Waals surface area contributed by atoms with Crippen molar-refractivity contribution < 1.29 is 14.4 Å². The van der Waals surface area contributed by atoms with Crippen molar-refractivity contribution in [3.8, 4) is 17.1 Å². The van der Waals surface area contributed by atoms with Crippen LogP contribution in [0.1, 0.15) is 38.1 Å². The van der Waals surface area contributed by atoms with Crippen molar-refractivity contribution >= 4 is 5.96 Å². The molecule has 1 atom stereocenters. The van der Waals surface area contributed by atoms with Crippen LogP contribution in [0.2, 0.25) is 0 Å². The Balaban J connectivity index is 1.59. The van der Waals surface area contributed by atoms with Crippen LogP contribution in [-0.2, 0) is 6.54 Å². The first kappa shape index (κ1) is 22.4. The summed E-state index contributed by atoms with van der Waals surface area (Å²) >= 11 is 0. The maximum atomic E-state index is 10.6. The van der Waals surface area contributed by atoms with E-state index in [1.807, 2.05) is 81.4 Å². The quantitative estimate of drug-likeness (QED) is 0.358. The second-order valence-electron chi connectivity index (χ2n) is 7.38. The van der Waals surface area contributed by atoms with Crippen LogP contribution in [0, 0.1) is 0 Å². The molecule has 0 fully saturated rings. The second kappa shape index (κ2) is 11.2. The highest BCUT2D eigenvalue weighted by molar-refractivity contribution is 5.79. The average Bonchev–Trinajstić information content (AvgIpc) is 3.25. The molecule has 1 aromatic heterocycles. The van der Waals surface area contributed by atoms with Gasteiger partial charge in [-0.05, 0) is 38.5 Å². The van der Waals surface area contributed by atoms with Gasteiger partial charge in [0, 0.05) is 24.7 Å². The number of rotatable bonds is 9. The Morgan fingerprint density at radius 2 is 1.90 bits per heavy atom. The Bertz CT molecular complexity index is 970. The molecule has 1 heterocycles. The first-order chi connectivity index (χ1) is 15.0. The molecular weight excluding hydrogens is 392 g/mol. The van der Waals surface area contributed by atoms with Crippen LogP contribution in [0.15, 0.2) is 70.2 Å². The molecule has 7 heteroatoms. The molecule has 0 aliphatic heterocycles. The zero-order chi connectivity index (χ0) is 22.1. The van der Waals surface area contributed by atoms with Gasteiger partial charge in [-0.2, -0.15) is 0 Å². The summed E-state index contributed by atoms with van der Waals surface area (Å²) in [5.41, 5.74) is 2.49. The smallest absolute Gasteiger partial charge is 0.191 e. The van der Waals surface area contributed by atoms with Gasteiger partial charge in [-0.25, -0.2) is 4.99 Å². The van der Waals surface area contributed by atoms with E-state index in [1.54, 1.807) is 0 Å². The predicted octanol–water partition coefficient (Wildman–Crippen LogP) is 3.92. The minimum atomic E-state index is -0.698. The summed E-state index contributed by atoms with van der Waals surface area (Å²) in [6.07, 6.45) is -0.617. The first-order valence-electron chi connectivity index (χ1n) is 10.5. The molecule has 3 aromatic rings. The van der Waals surface area contributed by atoms with Crippen LogP contribution in [0.4, 0.5) is 0 Å². The molecule has 3 rings (SSSR count). The third-order valence-corrected chi connectivity index (χ3v) is 4.44. The number of hydrogen-bond acceptors (Lipinski definition) is 5. The van der Waals surface area contributed by atoms with Crippen LogP contribution in [0.5, 0.6) is 5.75 Å². The summed E-state index contributed by atoms with van der Waals surface area (Å²) in [5.74, 6) is 2.05. The van der Waals surface area contributed by atoms with Gasteiger partial charge in [-0.15, -0.1) is 0 Å². The number of benzene rings is 2. The molecule has 0 aliphatic carbocycles. The minimum Gasteiger partial charge on any atom is -0.491 e. The van der Waals surface area contributed by atoms with Gasteiger partial charge in [0.15, 0.2) is 11.7 Å². The van der Waals surface area contributed by atoms with Crippen LogP contribution < -0.4 is 15.4 Å². The van der Waals surface area contributed by atoms with E-state index in [4.69, 9.17) is 9.26 Å².